The van der Waals surface area contributed by atoms with Crippen LogP contribution < -0.4 is 4.74 Å². The second-order valence-corrected chi connectivity index (χ2v) is 5.64. The Morgan fingerprint density at radius 3 is 2.56 bits per heavy atom. The number of carbonyl (C=O) groups excluding carboxylic acids is 1. The van der Waals surface area contributed by atoms with Crippen LogP contribution in [0.4, 0.5) is 0 Å². The summed E-state index contributed by atoms with van der Waals surface area (Å²) in [6.07, 6.45) is 1.29. The van der Waals surface area contributed by atoms with Crippen LogP contribution >= 0.6 is 27.3 Å². The lowest BCUT2D eigenvalue weighted by Gasteiger charge is -2.03. The SMILES string of the molecule is COc1ccc(CCC(=O)c2sccc2Br)cc1. The molecule has 0 atom stereocenters. The minimum absolute atomic E-state index is 0.188. The summed E-state index contributed by atoms with van der Waals surface area (Å²) in [7, 11) is 1.65. The zero-order valence-corrected chi connectivity index (χ0v) is 12.4. The van der Waals surface area contributed by atoms with Crippen molar-refractivity contribution in [3.8, 4) is 5.75 Å². The fourth-order valence-corrected chi connectivity index (χ4v) is 3.22. The number of ketones is 1. The Labute approximate surface area is 119 Å². The van der Waals surface area contributed by atoms with Gasteiger partial charge in [-0.3, -0.25) is 4.79 Å². The van der Waals surface area contributed by atoms with Crippen molar-refractivity contribution in [2.24, 2.45) is 0 Å². The molecule has 94 valence electrons. The predicted molar refractivity (Wildman–Crippen MR) is 77.7 cm³/mol. The molecule has 1 aromatic heterocycles. The molecule has 0 aliphatic heterocycles. The third-order valence-electron chi connectivity index (χ3n) is 2.67. The van der Waals surface area contributed by atoms with Crippen LogP contribution in [0.1, 0.15) is 21.7 Å². The van der Waals surface area contributed by atoms with Crippen molar-refractivity contribution < 1.29 is 9.53 Å². The lowest BCUT2D eigenvalue weighted by molar-refractivity contribution is 0.0986. The standard InChI is InChI=1S/C14H13BrO2S/c1-17-11-5-2-10(3-6-11)4-7-13(16)14-12(15)8-9-18-14/h2-3,5-6,8-9H,4,7H2,1H3. The molecule has 18 heavy (non-hydrogen) atoms. The molecule has 2 aromatic rings. The number of halogens is 1. The van der Waals surface area contributed by atoms with E-state index in [1.54, 1.807) is 7.11 Å². The van der Waals surface area contributed by atoms with Gasteiger partial charge in [0, 0.05) is 10.9 Å². The molecule has 0 spiro atoms. The maximum atomic E-state index is 12.0. The number of hydrogen-bond donors (Lipinski definition) is 0. The first-order valence-corrected chi connectivity index (χ1v) is 7.27. The number of benzene rings is 1. The van der Waals surface area contributed by atoms with Gasteiger partial charge in [0.05, 0.1) is 12.0 Å². The zero-order valence-electron chi connectivity index (χ0n) is 9.98. The normalized spacial score (nSPS) is 10.3. The molecule has 0 aliphatic carbocycles. The molecule has 1 heterocycles. The summed E-state index contributed by atoms with van der Waals surface area (Å²) in [6, 6.07) is 9.73. The molecule has 0 radical (unpaired) electrons. The first kappa shape index (κ1) is 13.3. The summed E-state index contributed by atoms with van der Waals surface area (Å²) in [5.41, 5.74) is 1.15. The van der Waals surface area contributed by atoms with E-state index in [0.717, 1.165) is 27.1 Å². The molecule has 0 saturated carbocycles. The molecular formula is C14H13BrO2S. The molecular weight excluding hydrogens is 312 g/mol. The van der Waals surface area contributed by atoms with Crippen molar-refractivity contribution >= 4 is 33.0 Å². The molecule has 0 N–H and O–H groups in total. The van der Waals surface area contributed by atoms with E-state index in [-0.39, 0.29) is 5.78 Å². The number of ether oxygens (including phenoxy) is 1. The van der Waals surface area contributed by atoms with Crippen molar-refractivity contribution in [2.45, 2.75) is 12.8 Å². The lowest BCUT2D eigenvalue weighted by Crippen LogP contribution is -1.99. The minimum Gasteiger partial charge on any atom is -0.497 e. The van der Waals surface area contributed by atoms with Gasteiger partial charge in [-0.25, -0.2) is 0 Å². The molecule has 0 aliphatic rings. The molecule has 0 fully saturated rings. The zero-order chi connectivity index (χ0) is 13.0. The maximum Gasteiger partial charge on any atom is 0.174 e. The van der Waals surface area contributed by atoms with Crippen LogP contribution in [0.25, 0.3) is 0 Å². The van der Waals surface area contributed by atoms with E-state index in [4.69, 9.17) is 4.74 Å². The van der Waals surface area contributed by atoms with E-state index in [2.05, 4.69) is 15.9 Å². The van der Waals surface area contributed by atoms with Crippen molar-refractivity contribution in [1.29, 1.82) is 0 Å². The number of hydrogen-bond acceptors (Lipinski definition) is 3. The van der Waals surface area contributed by atoms with Crippen LogP contribution in [0.3, 0.4) is 0 Å². The lowest BCUT2D eigenvalue weighted by atomic mass is 10.1. The van der Waals surface area contributed by atoms with Gasteiger partial charge in [0.15, 0.2) is 5.78 Å². The largest absolute Gasteiger partial charge is 0.497 e. The highest BCUT2D eigenvalue weighted by atomic mass is 79.9. The molecule has 0 unspecified atom stereocenters. The number of carbonyl (C=O) groups is 1. The highest BCUT2D eigenvalue weighted by Crippen LogP contribution is 2.24. The summed E-state index contributed by atoms with van der Waals surface area (Å²) in [5, 5.41) is 1.92. The van der Waals surface area contributed by atoms with Crippen molar-refractivity contribution in [1.82, 2.24) is 0 Å². The van der Waals surface area contributed by atoms with E-state index in [0.29, 0.717) is 6.42 Å². The van der Waals surface area contributed by atoms with Crippen molar-refractivity contribution in [3.63, 3.8) is 0 Å². The highest BCUT2D eigenvalue weighted by Gasteiger charge is 2.11. The summed E-state index contributed by atoms with van der Waals surface area (Å²) in [6.45, 7) is 0. The Balaban J connectivity index is 1.95. The first-order chi connectivity index (χ1) is 8.70. The predicted octanol–water partition coefficient (Wildman–Crippen LogP) is 4.33. The fourth-order valence-electron chi connectivity index (χ4n) is 1.66. The van der Waals surface area contributed by atoms with Crippen LogP contribution in [-0.4, -0.2) is 12.9 Å². The Morgan fingerprint density at radius 2 is 2.00 bits per heavy atom. The topological polar surface area (TPSA) is 26.3 Å². The van der Waals surface area contributed by atoms with E-state index in [1.807, 2.05) is 35.7 Å². The summed E-state index contributed by atoms with van der Waals surface area (Å²) in [4.78, 5) is 12.8. The van der Waals surface area contributed by atoms with Crippen LogP contribution in [-0.2, 0) is 6.42 Å². The minimum atomic E-state index is 0.188. The number of rotatable bonds is 5. The van der Waals surface area contributed by atoms with E-state index in [1.165, 1.54) is 11.3 Å². The quantitative estimate of drug-likeness (QED) is 0.765. The van der Waals surface area contributed by atoms with E-state index >= 15 is 0 Å². The smallest absolute Gasteiger partial charge is 0.174 e. The van der Waals surface area contributed by atoms with Gasteiger partial charge in [-0.2, -0.15) is 0 Å². The second-order valence-electron chi connectivity index (χ2n) is 3.87. The van der Waals surface area contributed by atoms with E-state index in [9.17, 15) is 4.79 Å². The highest BCUT2D eigenvalue weighted by molar-refractivity contribution is 9.10. The van der Waals surface area contributed by atoms with E-state index < -0.39 is 0 Å². The van der Waals surface area contributed by atoms with Gasteiger partial charge in [0.1, 0.15) is 5.75 Å². The number of aryl methyl sites for hydroxylation is 1. The maximum absolute atomic E-state index is 12.0. The van der Waals surface area contributed by atoms with Crippen LogP contribution in [0.15, 0.2) is 40.2 Å². The molecule has 0 saturated heterocycles. The Kier molecular flexibility index (Phi) is 4.55. The van der Waals surface area contributed by atoms with Gasteiger partial charge in [-0.1, -0.05) is 12.1 Å². The second kappa shape index (κ2) is 6.16. The molecule has 1 aromatic carbocycles. The van der Waals surface area contributed by atoms with Crippen LogP contribution in [0, 0.1) is 0 Å². The average Bonchev–Trinajstić information content (AvgIpc) is 2.83. The molecule has 4 heteroatoms. The number of thiophene rings is 1. The molecule has 2 nitrogen and oxygen atoms in total. The molecule has 0 bridgehead atoms. The Bertz CT molecular complexity index is 531. The summed E-state index contributed by atoms with van der Waals surface area (Å²) >= 11 is 4.87. The Morgan fingerprint density at radius 1 is 1.28 bits per heavy atom. The van der Waals surface area contributed by atoms with Gasteiger partial charge in [0.2, 0.25) is 0 Å². The summed E-state index contributed by atoms with van der Waals surface area (Å²) in [5.74, 6) is 1.03. The monoisotopic (exact) mass is 324 g/mol. The third kappa shape index (κ3) is 3.21. The van der Waals surface area contributed by atoms with Gasteiger partial charge >= 0.3 is 0 Å². The van der Waals surface area contributed by atoms with Crippen LogP contribution in [0.5, 0.6) is 5.75 Å². The fraction of sp³-hybridized carbons (Fsp3) is 0.214. The van der Waals surface area contributed by atoms with Gasteiger partial charge in [-0.05, 0) is 51.5 Å². The van der Waals surface area contributed by atoms with Crippen molar-refractivity contribution in [2.75, 3.05) is 7.11 Å². The average molecular weight is 325 g/mol. The van der Waals surface area contributed by atoms with Gasteiger partial charge in [-0.15, -0.1) is 11.3 Å². The van der Waals surface area contributed by atoms with Gasteiger partial charge < -0.3 is 4.74 Å². The summed E-state index contributed by atoms with van der Waals surface area (Å²) < 4.78 is 5.99. The number of Topliss-reactive ketones (excluding diaryl/α,β-unsaturated/α-hetero) is 1. The number of methoxy groups -OCH3 is 1. The third-order valence-corrected chi connectivity index (χ3v) is 4.55. The van der Waals surface area contributed by atoms with Gasteiger partial charge in [0.25, 0.3) is 0 Å². The van der Waals surface area contributed by atoms with Crippen LogP contribution in [0.2, 0.25) is 0 Å². The molecule has 0 amide bonds. The first-order valence-electron chi connectivity index (χ1n) is 5.60. The molecule has 2 rings (SSSR count). The van der Waals surface area contributed by atoms with Crippen molar-refractivity contribution in [3.05, 3.63) is 50.6 Å². The Hall–Kier alpha value is -1.13.